The van der Waals surface area contributed by atoms with Crippen LogP contribution in [0.1, 0.15) is 38.7 Å². The standard InChI is InChI=1S/C15H23NO2/c1-3-5-10-15(17)16-11-12-18-14-9-7-6-8-13(14)4-2/h6-9H,3-5,10-12H2,1-2H3,(H,16,17). The van der Waals surface area contributed by atoms with Crippen molar-refractivity contribution in [2.45, 2.75) is 39.5 Å². The Morgan fingerprint density at radius 1 is 1.28 bits per heavy atom. The van der Waals surface area contributed by atoms with Gasteiger partial charge in [0.05, 0.1) is 6.54 Å². The summed E-state index contributed by atoms with van der Waals surface area (Å²) in [5.74, 6) is 1.03. The van der Waals surface area contributed by atoms with Crippen LogP contribution in [0.2, 0.25) is 0 Å². The molecule has 0 radical (unpaired) electrons. The number of carbonyl (C=O) groups is 1. The molecule has 1 amide bonds. The highest BCUT2D eigenvalue weighted by Gasteiger charge is 2.02. The third-order valence-corrected chi connectivity index (χ3v) is 2.79. The fraction of sp³-hybridized carbons (Fsp3) is 0.533. The summed E-state index contributed by atoms with van der Waals surface area (Å²) in [7, 11) is 0. The monoisotopic (exact) mass is 249 g/mol. The Morgan fingerprint density at radius 3 is 2.78 bits per heavy atom. The average Bonchev–Trinajstić information content (AvgIpc) is 2.41. The number of nitrogens with one attached hydrogen (secondary N) is 1. The van der Waals surface area contributed by atoms with Crippen molar-refractivity contribution in [3.8, 4) is 5.75 Å². The summed E-state index contributed by atoms with van der Waals surface area (Å²) < 4.78 is 5.67. The van der Waals surface area contributed by atoms with Gasteiger partial charge in [0.25, 0.3) is 0 Å². The maximum absolute atomic E-state index is 11.4. The highest BCUT2D eigenvalue weighted by Crippen LogP contribution is 2.17. The normalized spacial score (nSPS) is 10.1. The van der Waals surface area contributed by atoms with Crippen LogP contribution in [0.15, 0.2) is 24.3 Å². The van der Waals surface area contributed by atoms with E-state index < -0.39 is 0 Å². The van der Waals surface area contributed by atoms with Gasteiger partial charge < -0.3 is 10.1 Å². The maximum atomic E-state index is 11.4. The lowest BCUT2D eigenvalue weighted by Gasteiger charge is -2.10. The number of aryl methyl sites for hydroxylation is 1. The van der Waals surface area contributed by atoms with Crippen LogP contribution in [0.5, 0.6) is 5.75 Å². The first-order valence-corrected chi connectivity index (χ1v) is 6.75. The Labute approximate surface area is 110 Å². The summed E-state index contributed by atoms with van der Waals surface area (Å²) in [6, 6.07) is 8.01. The zero-order chi connectivity index (χ0) is 13.2. The molecule has 0 spiro atoms. The van der Waals surface area contributed by atoms with Gasteiger partial charge in [-0.2, -0.15) is 0 Å². The van der Waals surface area contributed by atoms with E-state index >= 15 is 0 Å². The molecule has 0 heterocycles. The van der Waals surface area contributed by atoms with Crippen LogP contribution < -0.4 is 10.1 Å². The topological polar surface area (TPSA) is 38.3 Å². The first-order valence-electron chi connectivity index (χ1n) is 6.75. The zero-order valence-corrected chi connectivity index (χ0v) is 11.4. The highest BCUT2D eigenvalue weighted by molar-refractivity contribution is 5.75. The van der Waals surface area contributed by atoms with Crippen molar-refractivity contribution in [1.82, 2.24) is 5.32 Å². The lowest BCUT2D eigenvalue weighted by atomic mass is 10.1. The van der Waals surface area contributed by atoms with E-state index in [4.69, 9.17) is 4.74 Å². The van der Waals surface area contributed by atoms with Gasteiger partial charge in [0.2, 0.25) is 5.91 Å². The van der Waals surface area contributed by atoms with Crippen molar-refractivity contribution >= 4 is 5.91 Å². The lowest BCUT2D eigenvalue weighted by molar-refractivity contribution is -0.121. The molecular formula is C15H23NO2. The number of amides is 1. The van der Waals surface area contributed by atoms with Crippen molar-refractivity contribution in [1.29, 1.82) is 0 Å². The Kier molecular flexibility index (Phi) is 6.92. The SMILES string of the molecule is CCCCC(=O)NCCOc1ccccc1CC. The molecule has 1 rings (SSSR count). The van der Waals surface area contributed by atoms with E-state index in [1.165, 1.54) is 5.56 Å². The number of carbonyl (C=O) groups excluding carboxylic acids is 1. The van der Waals surface area contributed by atoms with Crippen molar-refractivity contribution in [2.75, 3.05) is 13.2 Å². The van der Waals surface area contributed by atoms with Gasteiger partial charge in [-0.25, -0.2) is 0 Å². The Hall–Kier alpha value is -1.51. The number of unbranched alkanes of at least 4 members (excludes halogenated alkanes) is 1. The van der Waals surface area contributed by atoms with Gasteiger partial charge in [-0.05, 0) is 24.5 Å². The third kappa shape index (κ3) is 5.21. The highest BCUT2D eigenvalue weighted by atomic mass is 16.5. The van der Waals surface area contributed by atoms with Crippen molar-refractivity contribution in [3.05, 3.63) is 29.8 Å². The zero-order valence-electron chi connectivity index (χ0n) is 11.4. The Bertz CT molecular complexity index is 363. The van der Waals surface area contributed by atoms with E-state index in [2.05, 4.69) is 25.2 Å². The van der Waals surface area contributed by atoms with Crippen molar-refractivity contribution in [2.24, 2.45) is 0 Å². The fourth-order valence-electron chi connectivity index (χ4n) is 1.71. The third-order valence-electron chi connectivity index (χ3n) is 2.79. The van der Waals surface area contributed by atoms with Crippen molar-refractivity contribution < 1.29 is 9.53 Å². The van der Waals surface area contributed by atoms with Gasteiger partial charge in [0, 0.05) is 6.42 Å². The number of ether oxygens (including phenoxy) is 1. The molecule has 0 aliphatic carbocycles. The molecule has 3 heteroatoms. The molecule has 1 aromatic rings. The predicted octanol–water partition coefficient (Wildman–Crippen LogP) is 2.93. The van der Waals surface area contributed by atoms with Gasteiger partial charge in [0.15, 0.2) is 0 Å². The second-order valence-corrected chi connectivity index (χ2v) is 4.26. The second-order valence-electron chi connectivity index (χ2n) is 4.26. The first-order chi connectivity index (χ1) is 8.77. The molecule has 18 heavy (non-hydrogen) atoms. The molecular weight excluding hydrogens is 226 g/mol. The summed E-state index contributed by atoms with van der Waals surface area (Å²) in [5.41, 5.74) is 1.20. The minimum absolute atomic E-state index is 0.115. The lowest BCUT2D eigenvalue weighted by Crippen LogP contribution is -2.27. The summed E-state index contributed by atoms with van der Waals surface area (Å²) in [5, 5.41) is 2.86. The minimum Gasteiger partial charge on any atom is -0.491 e. The van der Waals surface area contributed by atoms with E-state index in [0.29, 0.717) is 19.6 Å². The van der Waals surface area contributed by atoms with Crippen LogP contribution in [-0.2, 0) is 11.2 Å². The number of rotatable bonds is 8. The van der Waals surface area contributed by atoms with E-state index in [0.717, 1.165) is 25.0 Å². The number of para-hydroxylation sites is 1. The number of hydrogen-bond donors (Lipinski definition) is 1. The second kappa shape index (κ2) is 8.56. The summed E-state index contributed by atoms with van der Waals surface area (Å²) in [4.78, 5) is 11.4. The smallest absolute Gasteiger partial charge is 0.220 e. The van der Waals surface area contributed by atoms with Crippen molar-refractivity contribution in [3.63, 3.8) is 0 Å². The van der Waals surface area contributed by atoms with Gasteiger partial charge >= 0.3 is 0 Å². The van der Waals surface area contributed by atoms with Crippen LogP contribution >= 0.6 is 0 Å². The molecule has 1 N–H and O–H groups in total. The summed E-state index contributed by atoms with van der Waals surface area (Å²) in [6.07, 6.45) is 3.57. The quantitative estimate of drug-likeness (QED) is 0.719. The van der Waals surface area contributed by atoms with Gasteiger partial charge in [0.1, 0.15) is 12.4 Å². The molecule has 0 unspecified atom stereocenters. The van der Waals surface area contributed by atoms with E-state index in [1.807, 2.05) is 18.2 Å². The van der Waals surface area contributed by atoms with Crippen LogP contribution in [-0.4, -0.2) is 19.1 Å². The van der Waals surface area contributed by atoms with Crippen LogP contribution in [0, 0.1) is 0 Å². The molecule has 0 atom stereocenters. The maximum Gasteiger partial charge on any atom is 0.220 e. The number of benzene rings is 1. The molecule has 100 valence electrons. The average molecular weight is 249 g/mol. The minimum atomic E-state index is 0.115. The summed E-state index contributed by atoms with van der Waals surface area (Å²) in [6.45, 7) is 5.28. The van der Waals surface area contributed by atoms with Gasteiger partial charge in [-0.3, -0.25) is 4.79 Å². The molecule has 0 aromatic heterocycles. The molecule has 0 saturated heterocycles. The van der Waals surface area contributed by atoms with Crippen LogP contribution in [0.3, 0.4) is 0 Å². The van der Waals surface area contributed by atoms with E-state index in [9.17, 15) is 4.79 Å². The first kappa shape index (κ1) is 14.6. The summed E-state index contributed by atoms with van der Waals surface area (Å²) >= 11 is 0. The molecule has 0 aliphatic rings. The van der Waals surface area contributed by atoms with E-state index in [-0.39, 0.29) is 5.91 Å². The molecule has 0 fully saturated rings. The predicted molar refractivity (Wildman–Crippen MR) is 73.8 cm³/mol. The van der Waals surface area contributed by atoms with E-state index in [1.54, 1.807) is 0 Å². The largest absolute Gasteiger partial charge is 0.491 e. The molecule has 1 aromatic carbocycles. The Balaban J connectivity index is 2.23. The van der Waals surface area contributed by atoms with Crippen LogP contribution in [0.4, 0.5) is 0 Å². The Morgan fingerprint density at radius 2 is 2.06 bits per heavy atom. The molecule has 0 aliphatic heterocycles. The molecule has 0 saturated carbocycles. The fourth-order valence-corrected chi connectivity index (χ4v) is 1.71. The van der Waals surface area contributed by atoms with Gasteiger partial charge in [-0.15, -0.1) is 0 Å². The van der Waals surface area contributed by atoms with Gasteiger partial charge in [-0.1, -0.05) is 38.5 Å². The van der Waals surface area contributed by atoms with Crippen LogP contribution in [0.25, 0.3) is 0 Å². The number of hydrogen-bond acceptors (Lipinski definition) is 2. The molecule has 3 nitrogen and oxygen atoms in total. The molecule has 0 bridgehead atoms.